The Bertz CT molecular complexity index is 1960. The lowest BCUT2D eigenvalue weighted by Crippen LogP contribution is -2.15. The molecule has 5 aromatic carbocycles. The summed E-state index contributed by atoms with van der Waals surface area (Å²) >= 11 is 3.71. The highest BCUT2D eigenvalue weighted by atomic mass is 32.2. The van der Waals surface area contributed by atoms with Crippen molar-refractivity contribution in [2.75, 3.05) is 23.9 Å². The van der Waals surface area contributed by atoms with Gasteiger partial charge in [-0.1, -0.05) is 133 Å². The molecule has 0 N–H and O–H groups in total. The van der Waals surface area contributed by atoms with Crippen molar-refractivity contribution in [1.29, 1.82) is 0 Å². The third-order valence-corrected chi connectivity index (χ3v) is 11.3. The minimum Gasteiger partial charge on any atom is -0.343 e. The van der Waals surface area contributed by atoms with Crippen molar-refractivity contribution >= 4 is 64.0 Å². The van der Waals surface area contributed by atoms with Crippen LogP contribution in [0.4, 0.5) is 22.7 Å². The SMILES string of the molecule is CN1c2ccccc2Sc2cc(C=CC3(C=Cc4ccc5c(c4)Sc4ccccc4N5C)C=CC(c4ccccc4)=CC3)ccc21. The number of nitrogens with zero attached hydrogens (tertiary/aromatic N) is 2. The fourth-order valence-corrected chi connectivity index (χ4v) is 8.84. The molecular formula is C42H34N2S2. The summed E-state index contributed by atoms with van der Waals surface area (Å²) in [6.45, 7) is 0. The van der Waals surface area contributed by atoms with Crippen LogP contribution in [0.15, 0.2) is 165 Å². The third-order valence-electron chi connectivity index (χ3n) is 9.11. The molecule has 5 aromatic rings. The highest BCUT2D eigenvalue weighted by molar-refractivity contribution is 8.00. The first-order chi connectivity index (χ1) is 22.6. The molecule has 0 radical (unpaired) electrons. The van der Waals surface area contributed by atoms with Crippen LogP contribution in [-0.4, -0.2) is 14.1 Å². The molecule has 0 fully saturated rings. The summed E-state index contributed by atoms with van der Waals surface area (Å²) in [4.78, 5) is 9.76. The number of hydrogen-bond donors (Lipinski definition) is 0. The van der Waals surface area contributed by atoms with Crippen molar-refractivity contribution in [2.45, 2.75) is 26.0 Å². The highest BCUT2D eigenvalue weighted by Crippen LogP contribution is 2.49. The summed E-state index contributed by atoms with van der Waals surface area (Å²) in [5.74, 6) is 0. The normalized spacial score (nSPS) is 18.3. The van der Waals surface area contributed by atoms with Crippen molar-refractivity contribution in [1.82, 2.24) is 0 Å². The van der Waals surface area contributed by atoms with E-state index >= 15 is 0 Å². The van der Waals surface area contributed by atoms with Crippen molar-refractivity contribution in [3.8, 4) is 0 Å². The van der Waals surface area contributed by atoms with E-state index in [1.165, 1.54) is 64.6 Å². The fraction of sp³-hybridized carbons (Fsp3) is 0.0952. The first-order valence-electron chi connectivity index (χ1n) is 15.7. The Hall–Kier alpha value is -4.64. The average Bonchev–Trinajstić information content (AvgIpc) is 3.11. The van der Waals surface area contributed by atoms with Gasteiger partial charge in [0.05, 0.1) is 22.7 Å². The number of para-hydroxylation sites is 2. The van der Waals surface area contributed by atoms with E-state index in [-0.39, 0.29) is 5.41 Å². The van der Waals surface area contributed by atoms with E-state index < -0.39 is 0 Å². The smallest absolute Gasteiger partial charge is 0.0550 e. The minimum absolute atomic E-state index is 0.239. The van der Waals surface area contributed by atoms with E-state index in [2.05, 4.69) is 182 Å². The first-order valence-corrected chi connectivity index (χ1v) is 17.3. The van der Waals surface area contributed by atoms with E-state index in [4.69, 9.17) is 0 Å². The van der Waals surface area contributed by atoms with Crippen molar-refractivity contribution in [3.63, 3.8) is 0 Å². The molecule has 0 unspecified atom stereocenters. The molecule has 46 heavy (non-hydrogen) atoms. The predicted octanol–water partition coefficient (Wildman–Crippen LogP) is 11.9. The average molecular weight is 631 g/mol. The van der Waals surface area contributed by atoms with E-state index in [1.54, 1.807) is 0 Å². The van der Waals surface area contributed by atoms with Crippen LogP contribution in [0.25, 0.3) is 17.7 Å². The lowest BCUT2D eigenvalue weighted by atomic mass is 9.78. The molecule has 4 heteroatoms. The summed E-state index contributed by atoms with van der Waals surface area (Å²) in [7, 11) is 4.32. The largest absolute Gasteiger partial charge is 0.343 e. The summed E-state index contributed by atoms with van der Waals surface area (Å²) in [5.41, 5.74) is 9.74. The second-order valence-electron chi connectivity index (χ2n) is 12.1. The van der Waals surface area contributed by atoms with Gasteiger partial charge in [0.1, 0.15) is 0 Å². The van der Waals surface area contributed by atoms with E-state index in [0.29, 0.717) is 0 Å². The Morgan fingerprint density at radius 3 is 1.59 bits per heavy atom. The first kappa shape index (κ1) is 28.8. The molecule has 0 amide bonds. The molecule has 1 aliphatic carbocycles. The number of anilines is 4. The van der Waals surface area contributed by atoms with Gasteiger partial charge in [-0.3, -0.25) is 0 Å². The summed E-state index contributed by atoms with van der Waals surface area (Å²) < 4.78 is 0. The fourth-order valence-electron chi connectivity index (χ4n) is 6.44. The number of rotatable bonds is 5. The Morgan fingerprint density at radius 1 is 0.565 bits per heavy atom. The molecule has 224 valence electrons. The summed E-state index contributed by atoms with van der Waals surface area (Å²) in [6, 6.07) is 41.6. The third kappa shape index (κ3) is 5.42. The predicted molar refractivity (Wildman–Crippen MR) is 199 cm³/mol. The molecule has 0 saturated heterocycles. The molecule has 0 atom stereocenters. The van der Waals surface area contributed by atoms with Crippen LogP contribution in [0.2, 0.25) is 0 Å². The van der Waals surface area contributed by atoms with Crippen molar-refractivity contribution < 1.29 is 0 Å². The monoisotopic (exact) mass is 630 g/mol. The van der Waals surface area contributed by atoms with Gasteiger partial charge in [0, 0.05) is 39.1 Å². The second-order valence-corrected chi connectivity index (χ2v) is 14.2. The minimum atomic E-state index is -0.239. The van der Waals surface area contributed by atoms with Crippen LogP contribution in [0, 0.1) is 5.41 Å². The van der Waals surface area contributed by atoms with Gasteiger partial charge in [-0.25, -0.2) is 0 Å². The number of fused-ring (bicyclic) bond motifs is 4. The van der Waals surface area contributed by atoms with E-state index in [0.717, 1.165) is 6.42 Å². The molecule has 2 aliphatic heterocycles. The zero-order valence-corrected chi connectivity index (χ0v) is 27.6. The summed E-state index contributed by atoms with van der Waals surface area (Å²) in [5, 5.41) is 0. The van der Waals surface area contributed by atoms with E-state index in [1.807, 2.05) is 23.5 Å². The van der Waals surface area contributed by atoms with Crippen LogP contribution < -0.4 is 9.80 Å². The van der Waals surface area contributed by atoms with Gasteiger partial charge in [0.2, 0.25) is 0 Å². The van der Waals surface area contributed by atoms with Gasteiger partial charge >= 0.3 is 0 Å². The maximum Gasteiger partial charge on any atom is 0.0550 e. The lowest BCUT2D eigenvalue weighted by Gasteiger charge is -2.30. The number of hydrogen-bond acceptors (Lipinski definition) is 4. The van der Waals surface area contributed by atoms with Crippen LogP contribution >= 0.6 is 23.5 Å². The van der Waals surface area contributed by atoms with Crippen LogP contribution in [0.3, 0.4) is 0 Å². The second kappa shape index (κ2) is 11.9. The lowest BCUT2D eigenvalue weighted by molar-refractivity contribution is 0.642. The Kier molecular flexibility index (Phi) is 7.48. The maximum atomic E-state index is 2.38. The molecule has 0 bridgehead atoms. The van der Waals surface area contributed by atoms with E-state index in [9.17, 15) is 0 Å². The molecule has 0 spiro atoms. The zero-order chi connectivity index (χ0) is 31.1. The van der Waals surface area contributed by atoms with Gasteiger partial charge in [-0.15, -0.1) is 0 Å². The van der Waals surface area contributed by atoms with Crippen molar-refractivity contribution in [3.05, 3.63) is 162 Å². The molecule has 2 heterocycles. The van der Waals surface area contributed by atoms with Gasteiger partial charge in [-0.2, -0.15) is 0 Å². The van der Waals surface area contributed by atoms with Gasteiger partial charge in [-0.05, 0) is 77.2 Å². The molecule has 2 nitrogen and oxygen atoms in total. The van der Waals surface area contributed by atoms with Crippen LogP contribution in [0.5, 0.6) is 0 Å². The van der Waals surface area contributed by atoms with Crippen LogP contribution in [0.1, 0.15) is 23.1 Å². The van der Waals surface area contributed by atoms with Gasteiger partial charge < -0.3 is 9.80 Å². The zero-order valence-electron chi connectivity index (χ0n) is 25.9. The quantitative estimate of drug-likeness (QED) is 0.190. The maximum absolute atomic E-state index is 2.38. The molecular weight excluding hydrogens is 597 g/mol. The Morgan fingerprint density at radius 2 is 1.07 bits per heavy atom. The number of benzene rings is 5. The standard InChI is InChI=1S/C42H34N2S2/c1-43-34-12-6-8-14-38(34)45-40-28-30(16-18-36(40)43)20-24-42(26-22-33(23-27-42)32-10-4-3-5-11-32)25-21-31-17-19-37-41(29-31)46-39-15-9-7-13-35(39)44(37)2/h3-26,28-29H,27H2,1-2H3. The number of allylic oxidation sites excluding steroid dienone is 6. The van der Waals surface area contributed by atoms with Gasteiger partial charge in [0.15, 0.2) is 0 Å². The Labute approximate surface area is 280 Å². The highest BCUT2D eigenvalue weighted by Gasteiger charge is 2.25. The Balaban J connectivity index is 1.11. The van der Waals surface area contributed by atoms with Crippen LogP contribution in [-0.2, 0) is 0 Å². The topological polar surface area (TPSA) is 6.48 Å². The molecule has 0 saturated carbocycles. The molecule has 0 aromatic heterocycles. The van der Waals surface area contributed by atoms with Crippen molar-refractivity contribution in [2.24, 2.45) is 5.41 Å². The summed E-state index contributed by atoms with van der Waals surface area (Å²) in [6.07, 6.45) is 17.3. The van der Waals surface area contributed by atoms with Gasteiger partial charge in [0.25, 0.3) is 0 Å². The molecule has 3 aliphatic rings. The molecule has 8 rings (SSSR count).